The predicted octanol–water partition coefficient (Wildman–Crippen LogP) is -1.54. The average molecular weight is 245 g/mol. The molecule has 0 unspecified atom stereocenters. The van der Waals surface area contributed by atoms with E-state index in [2.05, 4.69) is 5.32 Å². The summed E-state index contributed by atoms with van der Waals surface area (Å²) in [4.78, 5) is 11.2. The van der Waals surface area contributed by atoms with E-state index < -0.39 is 0 Å². The Morgan fingerprint density at radius 2 is 2.24 bits per heavy atom. The van der Waals surface area contributed by atoms with Crippen LogP contribution in [0.4, 0.5) is 0 Å². The molecule has 7 nitrogen and oxygen atoms in total. The summed E-state index contributed by atoms with van der Waals surface area (Å²) in [6.07, 6.45) is 2.72. The molecule has 0 aliphatic rings. The third-order valence-corrected chi connectivity index (χ3v) is 1.81. The van der Waals surface area contributed by atoms with Gasteiger partial charge in [0.25, 0.3) is 0 Å². The molecule has 0 bridgehead atoms. The molecule has 0 saturated heterocycles. The van der Waals surface area contributed by atoms with Crippen molar-refractivity contribution in [3.63, 3.8) is 0 Å². The first-order chi connectivity index (χ1) is 8.06. The van der Waals surface area contributed by atoms with Crippen molar-refractivity contribution in [2.24, 2.45) is 17.3 Å². The minimum absolute atomic E-state index is 0.00995. The number of nitrogens with zero attached hydrogens (tertiary/aromatic N) is 1. The van der Waals surface area contributed by atoms with E-state index in [1.165, 1.54) is 5.01 Å². The van der Waals surface area contributed by atoms with Crippen LogP contribution < -0.4 is 22.6 Å². The van der Waals surface area contributed by atoms with Gasteiger partial charge in [0.2, 0.25) is 5.91 Å². The Balaban J connectivity index is 3.43. The van der Waals surface area contributed by atoms with E-state index >= 15 is 0 Å². The fraction of sp³-hybridized carbons (Fsp3) is 0.700. The number of carbonyl (C=O) groups excluding carboxylic acids is 1. The van der Waals surface area contributed by atoms with Gasteiger partial charge in [0.05, 0.1) is 18.9 Å². The summed E-state index contributed by atoms with van der Waals surface area (Å²) in [5, 5.41) is 4.07. The monoisotopic (exact) mass is 245 g/mol. The van der Waals surface area contributed by atoms with Gasteiger partial charge in [0.1, 0.15) is 0 Å². The maximum absolute atomic E-state index is 11.2. The number of ether oxygens (including phenoxy) is 1. The molecule has 0 aliphatic heterocycles. The summed E-state index contributed by atoms with van der Waals surface area (Å²) in [5.41, 5.74) is 11.4. The maximum atomic E-state index is 11.2. The molecule has 0 atom stereocenters. The van der Waals surface area contributed by atoms with E-state index in [0.29, 0.717) is 44.8 Å². The molecular weight excluding hydrogens is 222 g/mol. The van der Waals surface area contributed by atoms with E-state index in [-0.39, 0.29) is 5.91 Å². The number of hydrogen-bond acceptors (Lipinski definition) is 6. The van der Waals surface area contributed by atoms with Crippen LogP contribution in [0.1, 0.15) is 12.8 Å². The van der Waals surface area contributed by atoms with Gasteiger partial charge >= 0.3 is 0 Å². The lowest BCUT2D eigenvalue weighted by Gasteiger charge is -2.09. The van der Waals surface area contributed by atoms with Crippen LogP contribution in [-0.2, 0) is 9.53 Å². The molecule has 0 aromatic heterocycles. The van der Waals surface area contributed by atoms with Crippen molar-refractivity contribution in [1.82, 2.24) is 10.3 Å². The fourth-order valence-electron chi connectivity index (χ4n) is 1.10. The second-order valence-electron chi connectivity index (χ2n) is 3.66. The number of nitrogens with one attached hydrogen (secondary N) is 1. The fourth-order valence-corrected chi connectivity index (χ4v) is 1.10. The number of carbonyl (C=O) groups is 1. The zero-order valence-corrected chi connectivity index (χ0v) is 10.3. The maximum Gasteiger partial charge on any atom is 0.220 e. The lowest BCUT2D eigenvalue weighted by atomic mass is 10.3. The number of rotatable bonds is 9. The van der Waals surface area contributed by atoms with Gasteiger partial charge < -0.3 is 26.5 Å². The summed E-state index contributed by atoms with van der Waals surface area (Å²) in [6.45, 7) is 1.70. The summed E-state index contributed by atoms with van der Waals surface area (Å²) < 4.78 is 5.24. The van der Waals surface area contributed by atoms with Gasteiger partial charge in [-0.05, 0) is 13.0 Å². The van der Waals surface area contributed by atoms with Crippen LogP contribution in [0.3, 0.4) is 0 Å². The lowest BCUT2D eigenvalue weighted by molar-refractivity contribution is -0.121. The van der Waals surface area contributed by atoms with E-state index in [0.717, 1.165) is 0 Å². The molecule has 0 heterocycles. The predicted molar refractivity (Wildman–Crippen MR) is 66.3 cm³/mol. The summed E-state index contributed by atoms with van der Waals surface area (Å²) in [6, 6.07) is 0. The highest BCUT2D eigenvalue weighted by Crippen LogP contribution is 1.88. The SMILES string of the molecule is CN(N)/C=C(\N)COCCNC(=O)CCCN. The van der Waals surface area contributed by atoms with Gasteiger partial charge in [-0.3, -0.25) is 4.79 Å². The van der Waals surface area contributed by atoms with Gasteiger partial charge in [-0.15, -0.1) is 0 Å². The topological polar surface area (TPSA) is 120 Å². The van der Waals surface area contributed by atoms with Crippen molar-refractivity contribution in [3.05, 3.63) is 11.9 Å². The standard InChI is InChI=1S/C10H23N5O2/c1-15(13)7-9(12)8-17-6-5-14-10(16)3-2-4-11/h7H,2-6,8,11-13H2,1H3,(H,14,16)/b9-7-. The molecule has 0 radical (unpaired) electrons. The number of amides is 1. The normalized spacial score (nSPS) is 11.4. The molecule has 0 rings (SSSR count). The van der Waals surface area contributed by atoms with Crippen LogP contribution in [0.25, 0.3) is 0 Å². The Morgan fingerprint density at radius 3 is 2.82 bits per heavy atom. The molecule has 7 N–H and O–H groups in total. The highest BCUT2D eigenvalue weighted by Gasteiger charge is 1.99. The van der Waals surface area contributed by atoms with E-state index in [1.54, 1.807) is 13.2 Å². The van der Waals surface area contributed by atoms with Crippen LogP contribution in [0.5, 0.6) is 0 Å². The Bertz CT molecular complexity index is 243. The van der Waals surface area contributed by atoms with Crippen LogP contribution >= 0.6 is 0 Å². The van der Waals surface area contributed by atoms with Crippen molar-refractivity contribution < 1.29 is 9.53 Å². The van der Waals surface area contributed by atoms with Gasteiger partial charge in [0.15, 0.2) is 0 Å². The third kappa shape index (κ3) is 11.0. The second-order valence-corrected chi connectivity index (χ2v) is 3.66. The Kier molecular flexibility index (Phi) is 9.12. The van der Waals surface area contributed by atoms with Crippen LogP contribution in [-0.4, -0.2) is 44.3 Å². The zero-order chi connectivity index (χ0) is 13.1. The van der Waals surface area contributed by atoms with Crippen molar-refractivity contribution >= 4 is 5.91 Å². The third-order valence-electron chi connectivity index (χ3n) is 1.81. The first-order valence-corrected chi connectivity index (χ1v) is 5.54. The smallest absolute Gasteiger partial charge is 0.220 e. The van der Waals surface area contributed by atoms with Gasteiger partial charge in [0, 0.05) is 26.2 Å². The van der Waals surface area contributed by atoms with Crippen molar-refractivity contribution in [2.75, 3.05) is 33.4 Å². The molecule has 7 heteroatoms. The molecule has 0 aromatic rings. The van der Waals surface area contributed by atoms with Crippen molar-refractivity contribution in [3.8, 4) is 0 Å². The average Bonchev–Trinajstić information content (AvgIpc) is 2.24. The number of hydrazine groups is 1. The van der Waals surface area contributed by atoms with Crippen LogP contribution in [0, 0.1) is 0 Å². The summed E-state index contributed by atoms with van der Waals surface area (Å²) in [5.74, 6) is 5.35. The molecule has 100 valence electrons. The largest absolute Gasteiger partial charge is 0.399 e. The Hall–Kier alpha value is -1.31. The van der Waals surface area contributed by atoms with Crippen LogP contribution in [0.15, 0.2) is 11.9 Å². The molecule has 17 heavy (non-hydrogen) atoms. The van der Waals surface area contributed by atoms with Crippen LogP contribution in [0.2, 0.25) is 0 Å². The quantitative estimate of drug-likeness (QED) is 0.222. The van der Waals surface area contributed by atoms with Gasteiger partial charge in [-0.2, -0.15) is 0 Å². The summed E-state index contributed by atoms with van der Waals surface area (Å²) >= 11 is 0. The van der Waals surface area contributed by atoms with Crippen molar-refractivity contribution in [1.29, 1.82) is 0 Å². The molecule has 0 aromatic carbocycles. The Labute approximate surface area is 102 Å². The lowest BCUT2D eigenvalue weighted by Crippen LogP contribution is -2.28. The first kappa shape index (κ1) is 15.7. The first-order valence-electron chi connectivity index (χ1n) is 5.54. The zero-order valence-electron chi connectivity index (χ0n) is 10.3. The Morgan fingerprint density at radius 1 is 1.53 bits per heavy atom. The molecule has 0 aliphatic carbocycles. The highest BCUT2D eigenvalue weighted by atomic mass is 16.5. The van der Waals surface area contributed by atoms with Gasteiger partial charge in [-0.1, -0.05) is 0 Å². The van der Waals surface area contributed by atoms with Gasteiger partial charge in [-0.25, -0.2) is 5.84 Å². The van der Waals surface area contributed by atoms with E-state index in [9.17, 15) is 4.79 Å². The molecule has 1 amide bonds. The van der Waals surface area contributed by atoms with E-state index in [1.807, 2.05) is 0 Å². The minimum atomic E-state index is -0.00995. The number of nitrogens with two attached hydrogens (primary N) is 3. The molecule has 0 fully saturated rings. The molecular formula is C10H23N5O2. The molecule has 0 saturated carbocycles. The molecule has 0 spiro atoms. The van der Waals surface area contributed by atoms with E-state index in [4.69, 9.17) is 22.0 Å². The minimum Gasteiger partial charge on any atom is -0.399 e. The summed E-state index contributed by atoms with van der Waals surface area (Å²) in [7, 11) is 1.67. The number of hydrogen-bond donors (Lipinski definition) is 4. The van der Waals surface area contributed by atoms with Crippen molar-refractivity contribution in [2.45, 2.75) is 12.8 Å². The highest BCUT2D eigenvalue weighted by molar-refractivity contribution is 5.75. The second kappa shape index (κ2) is 9.88.